The van der Waals surface area contributed by atoms with Crippen molar-refractivity contribution in [3.8, 4) is 0 Å². The van der Waals surface area contributed by atoms with Crippen molar-refractivity contribution in [1.29, 1.82) is 0 Å². The van der Waals surface area contributed by atoms with Gasteiger partial charge < -0.3 is 10.2 Å². The van der Waals surface area contributed by atoms with E-state index in [-0.39, 0.29) is 17.5 Å². The van der Waals surface area contributed by atoms with E-state index in [1.54, 1.807) is 4.90 Å². The maximum Gasteiger partial charge on any atom is 0.275 e. The van der Waals surface area contributed by atoms with E-state index in [9.17, 15) is 9.59 Å². The Kier molecular flexibility index (Phi) is 3.53. The zero-order chi connectivity index (χ0) is 16.7. The van der Waals surface area contributed by atoms with E-state index in [1.807, 2.05) is 31.2 Å². The predicted molar refractivity (Wildman–Crippen MR) is 92.7 cm³/mol. The van der Waals surface area contributed by atoms with Crippen molar-refractivity contribution in [2.24, 2.45) is 0 Å². The number of amides is 1. The van der Waals surface area contributed by atoms with Gasteiger partial charge in [0.2, 0.25) is 16.0 Å². The van der Waals surface area contributed by atoms with Crippen LogP contribution in [0.5, 0.6) is 0 Å². The molecule has 0 spiro atoms. The lowest BCUT2D eigenvalue weighted by molar-refractivity contribution is -0.117. The Labute approximate surface area is 141 Å². The molecule has 1 unspecified atom stereocenters. The summed E-state index contributed by atoms with van der Waals surface area (Å²) in [5.74, 6) is 0.0124. The van der Waals surface area contributed by atoms with Crippen LogP contribution in [0.25, 0.3) is 4.96 Å². The van der Waals surface area contributed by atoms with E-state index >= 15 is 0 Å². The van der Waals surface area contributed by atoms with Crippen LogP contribution in [0.2, 0.25) is 0 Å². The normalized spacial score (nSPS) is 17.6. The molecule has 0 bridgehead atoms. The van der Waals surface area contributed by atoms with Crippen molar-refractivity contribution in [2.75, 3.05) is 16.8 Å². The molecule has 1 aliphatic heterocycles. The quantitative estimate of drug-likeness (QED) is 0.784. The molecule has 1 atom stereocenters. The summed E-state index contributed by atoms with van der Waals surface area (Å²) >= 11 is 1.26. The van der Waals surface area contributed by atoms with Crippen LogP contribution in [-0.2, 0) is 4.79 Å². The van der Waals surface area contributed by atoms with Crippen LogP contribution in [0.15, 0.2) is 41.3 Å². The summed E-state index contributed by atoms with van der Waals surface area (Å²) < 4.78 is 1.24. The van der Waals surface area contributed by atoms with E-state index < -0.39 is 0 Å². The summed E-state index contributed by atoms with van der Waals surface area (Å²) in [6.07, 6.45) is 2.14. The number of aromatic nitrogens is 3. The van der Waals surface area contributed by atoms with Crippen LogP contribution >= 0.6 is 11.3 Å². The predicted octanol–water partition coefficient (Wildman–Crippen LogP) is 1.68. The van der Waals surface area contributed by atoms with E-state index in [1.165, 1.54) is 28.1 Å². The van der Waals surface area contributed by atoms with Gasteiger partial charge in [0.15, 0.2) is 0 Å². The second-order valence-corrected chi connectivity index (χ2v) is 6.65. The minimum atomic E-state index is -0.345. The van der Waals surface area contributed by atoms with Gasteiger partial charge in [0, 0.05) is 24.5 Å². The Morgan fingerprint density at radius 3 is 2.75 bits per heavy atom. The van der Waals surface area contributed by atoms with Crippen LogP contribution in [0, 0.1) is 6.92 Å². The molecule has 24 heavy (non-hydrogen) atoms. The largest absolute Gasteiger partial charge is 0.348 e. The molecular formula is C16H15N5O2S. The molecule has 1 aliphatic rings. The monoisotopic (exact) mass is 341 g/mol. The number of nitrogens with one attached hydrogen (secondary N) is 1. The molecule has 1 aromatic carbocycles. The van der Waals surface area contributed by atoms with Crippen LogP contribution in [0.1, 0.15) is 12.0 Å². The van der Waals surface area contributed by atoms with Crippen molar-refractivity contribution in [2.45, 2.75) is 19.4 Å². The van der Waals surface area contributed by atoms with Gasteiger partial charge >= 0.3 is 0 Å². The summed E-state index contributed by atoms with van der Waals surface area (Å²) in [5, 5.41) is 7.86. The summed E-state index contributed by atoms with van der Waals surface area (Å²) in [6.45, 7) is 2.67. The van der Waals surface area contributed by atoms with Crippen molar-refractivity contribution in [1.82, 2.24) is 14.6 Å². The highest BCUT2D eigenvalue weighted by atomic mass is 32.1. The highest BCUT2D eigenvalue weighted by Gasteiger charge is 2.33. The zero-order valence-corrected chi connectivity index (χ0v) is 13.8. The van der Waals surface area contributed by atoms with E-state index in [0.29, 0.717) is 23.1 Å². The number of anilines is 2. The molecule has 1 N–H and O–H groups in total. The molecule has 1 amide bonds. The molecule has 2 aromatic heterocycles. The molecule has 7 nitrogen and oxygen atoms in total. The average molecular weight is 341 g/mol. The van der Waals surface area contributed by atoms with Gasteiger partial charge in [-0.15, -0.1) is 5.10 Å². The second kappa shape index (κ2) is 5.72. The number of aryl methyl sites for hydroxylation is 1. The molecule has 122 valence electrons. The first kappa shape index (κ1) is 14.8. The highest BCUT2D eigenvalue weighted by Crippen LogP contribution is 2.25. The lowest BCUT2D eigenvalue weighted by Crippen LogP contribution is -2.33. The molecule has 1 saturated heterocycles. The van der Waals surface area contributed by atoms with Crippen LogP contribution in [-0.4, -0.2) is 33.1 Å². The number of fused-ring (bicyclic) bond motifs is 1. The maximum absolute atomic E-state index is 12.6. The minimum absolute atomic E-state index is 0.0124. The smallest absolute Gasteiger partial charge is 0.275 e. The zero-order valence-electron chi connectivity index (χ0n) is 13.0. The second-order valence-electron chi connectivity index (χ2n) is 5.70. The van der Waals surface area contributed by atoms with Crippen molar-refractivity contribution in [3.05, 3.63) is 52.4 Å². The van der Waals surface area contributed by atoms with Gasteiger partial charge in [-0.1, -0.05) is 29.0 Å². The third-order valence-electron chi connectivity index (χ3n) is 4.02. The van der Waals surface area contributed by atoms with Crippen LogP contribution in [0.3, 0.4) is 0 Å². The number of rotatable bonds is 3. The first-order valence-corrected chi connectivity index (χ1v) is 8.43. The standard InChI is InChI=1S/C16H15N5O2S/c1-10-2-4-11(5-3-10)20-9-7-12(14(20)23)18-15-19-21-13(22)6-8-17-16(21)24-15/h2-6,8,12H,7,9H2,1H3,(H,18,19). The lowest BCUT2D eigenvalue weighted by Gasteiger charge is -2.17. The van der Waals surface area contributed by atoms with Gasteiger partial charge in [0.1, 0.15) is 6.04 Å². The summed E-state index contributed by atoms with van der Waals surface area (Å²) in [6, 6.07) is 8.91. The molecule has 0 aliphatic carbocycles. The summed E-state index contributed by atoms with van der Waals surface area (Å²) in [7, 11) is 0. The molecule has 0 saturated carbocycles. The Hall–Kier alpha value is -2.74. The van der Waals surface area contributed by atoms with Gasteiger partial charge in [0.05, 0.1) is 0 Å². The van der Waals surface area contributed by atoms with Gasteiger partial charge in [-0.05, 0) is 25.5 Å². The number of hydrogen-bond acceptors (Lipinski definition) is 6. The third-order valence-corrected chi connectivity index (χ3v) is 4.87. The molecular weight excluding hydrogens is 326 g/mol. The number of hydrogen-bond donors (Lipinski definition) is 1. The van der Waals surface area contributed by atoms with E-state index in [0.717, 1.165) is 11.3 Å². The van der Waals surface area contributed by atoms with Crippen molar-refractivity contribution < 1.29 is 4.79 Å². The first-order valence-electron chi connectivity index (χ1n) is 7.61. The van der Waals surface area contributed by atoms with Gasteiger partial charge in [-0.25, -0.2) is 4.98 Å². The SMILES string of the molecule is Cc1ccc(N2CCC(Nc3nn4c(=O)ccnc4s3)C2=O)cc1. The number of nitrogens with zero attached hydrogens (tertiary/aromatic N) is 4. The summed E-state index contributed by atoms with van der Waals surface area (Å²) in [5.41, 5.74) is 1.83. The molecule has 8 heteroatoms. The van der Waals surface area contributed by atoms with Crippen LogP contribution in [0.4, 0.5) is 10.8 Å². The highest BCUT2D eigenvalue weighted by molar-refractivity contribution is 7.20. The lowest BCUT2D eigenvalue weighted by atomic mass is 10.2. The average Bonchev–Trinajstić information content (AvgIpc) is 3.14. The number of carbonyl (C=O) groups excluding carboxylic acids is 1. The van der Waals surface area contributed by atoms with Crippen LogP contribution < -0.4 is 15.8 Å². The number of benzene rings is 1. The topological polar surface area (TPSA) is 79.6 Å². The third kappa shape index (κ3) is 2.54. The first-order chi connectivity index (χ1) is 11.6. The fourth-order valence-corrected chi connectivity index (χ4v) is 3.57. The van der Waals surface area contributed by atoms with Gasteiger partial charge in [0.25, 0.3) is 5.56 Å². The van der Waals surface area contributed by atoms with Gasteiger partial charge in [-0.2, -0.15) is 4.52 Å². The van der Waals surface area contributed by atoms with Crippen molar-refractivity contribution >= 4 is 33.0 Å². The van der Waals surface area contributed by atoms with E-state index in [2.05, 4.69) is 15.4 Å². The Morgan fingerprint density at radius 1 is 1.21 bits per heavy atom. The Bertz CT molecular complexity index is 963. The molecule has 1 fully saturated rings. The fraction of sp³-hybridized carbons (Fsp3) is 0.250. The Morgan fingerprint density at radius 2 is 2.00 bits per heavy atom. The minimum Gasteiger partial charge on any atom is -0.348 e. The summed E-state index contributed by atoms with van der Waals surface area (Å²) in [4.78, 5) is 30.7. The molecule has 4 rings (SSSR count). The fourth-order valence-electron chi connectivity index (χ4n) is 2.75. The Balaban J connectivity index is 1.55. The van der Waals surface area contributed by atoms with Gasteiger partial charge in [-0.3, -0.25) is 9.59 Å². The molecule has 3 heterocycles. The van der Waals surface area contributed by atoms with E-state index in [4.69, 9.17) is 0 Å². The van der Waals surface area contributed by atoms with Crippen molar-refractivity contribution in [3.63, 3.8) is 0 Å². The molecule has 3 aromatic rings. The number of carbonyl (C=O) groups is 1. The molecule has 0 radical (unpaired) electrons. The maximum atomic E-state index is 12.6.